The third kappa shape index (κ3) is 2.60. The number of hydrogen-bond acceptors (Lipinski definition) is 5. The lowest BCUT2D eigenvalue weighted by Gasteiger charge is -2.13. The molecule has 5 heteroatoms. The summed E-state index contributed by atoms with van der Waals surface area (Å²) in [6.45, 7) is 10.3. The van der Waals surface area contributed by atoms with Gasteiger partial charge in [0.1, 0.15) is 5.76 Å². The lowest BCUT2D eigenvalue weighted by atomic mass is 9.92. The summed E-state index contributed by atoms with van der Waals surface area (Å²) in [4.78, 5) is 4.43. The van der Waals surface area contributed by atoms with Gasteiger partial charge in [0.15, 0.2) is 0 Å². The average molecular weight is 249 g/mol. The highest BCUT2D eigenvalue weighted by Gasteiger charge is 2.21. The van der Waals surface area contributed by atoms with Crippen molar-refractivity contribution in [3.05, 3.63) is 17.3 Å². The zero-order valence-corrected chi connectivity index (χ0v) is 11.6. The molecule has 0 bridgehead atoms. The Hall–Kier alpha value is -1.65. The Kier molecular flexibility index (Phi) is 3.24. The van der Waals surface area contributed by atoms with Crippen molar-refractivity contribution in [3.8, 4) is 11.4 Å². The van der Waals surface area contributed by atoms with E-state index in [1.807, 2.05) is 13.8 Å². The molecule has 0 atom stereocenters. The summed E-state index contributed by atoms with van der Waals surface area (Å²) >= 11 is 0. The Morgan fingerprint density at radius 3 is 2.44 bits per heavy atom. The molecule has 5 nitrogen and oxygen atoms in total. The predicted octanol–water partition coefficient (Wildman–Crippen LogP) is 3.18. The van der Waals surface area contributed by atoms with Crippen molar-refractivity contribution in [1.82, 2.24) is 15.3 Å². The van der Waals surface area contributed by atoms with Gasteiger partial charge in [0.25, 0.3) is 0 Å². The zero-order valence-electron chi connectivity index (χ0n) is 11.6. The maximum atomic E-state index is 5.29. The second-order valence-corrected chi connectivity index (χ2v) is 5.66. The van der Waals surface area contributed by atoms with Crippen LogP contribution in [0.2, 0.25) is 0 Å². The van der Waals surface area contributed by atoms with E-state index >= 15 is 0 Å². The molecule has 0 saturated carbocycles. The smallest absolute Gasteiger partial charge is 0.227 e. The van der Waals surface area contributed by atoms with Crippen LogP contribution >= 0.6 is 0 Å². The fourth-order valence-corrected chi connectivity index (χ4v) is 1.83. The molecule has 2 heterocycles. The molecule has 98 valence electrons. The molecule has 0 unspecified atom stereocenters. The fraction of sp³-hybridized carbons (Fsp3) is 0.615. The Morgan fingerprint density at radius 1 is 1.11 bits per heavy atom. The highest BCUT2D eigenvalue weighted by atomic mass is 16.5. The van der Waals surface area contributed by atoms with Crippen LogP contribution in [0.25, 0.3) is 11.4 Å². The van der Waals surface area contributed by atoms with E-state index in [1.54, 1.807) is 0 Å². The number of rotatable bonds is 3. The summed E-state index contributed by atoms with van der Waals surface area (Å²) in [6.07, 6.45) is 1.54. The average Bonchev–Trinajstić information content (AvgIpc) is 2.82. The van der Waals surface area contributed by atoms with Crippen LogP contribution in [0.1, 0.15) is 45.0 Å². The molecule has 0 aliphatic heterocycles. The van der Waals surface area contributed by atoms with Crippen molar-refractivity contribution in [2.75, 3.05) is 0 Å². The number of nitrogens with zero attached hydrogens (tertiary/aromatic N) is 3. The van der Waals surface area contributed by atoms with E-state index in [0.717, 1.165) is 29.9 Å². The van der Waals surface area contributed by atoms with Crippen LogP contribution in [-0.4, -0.2) is 15.3 Å². The molecule has 0 amide bonds. The van der Waals surface area contributed by atoms with Crippen molar-refractivity contribution < 1.29 is 9.05 Å². The molecule has 0 radical (unpaired) electrons. The van der Waals surface area contributed by atoms with E-state index in [9.17, 15) is 0 Å². The van der Waals surface area contributed by atoms with Crippen LogP contribution < -0.4 is 0 Å². The molecular weight excluding hydrogens is 230 g/mol. The highest BCUT2D eigenvalue weighted by Crippen LogP contribution is 2.26. The van der Waals surface area contributed by atoms with Crippen LogP contribution in [0.5, 0.6) is 0 Å². The standard InChI is InChI=1S/C13H19N3O2/c1-6-9-11(8(2)17-15-9)12-14-10(18-16-12)7-13(3,4)5/h6-7H2,1-5H3. The third-order valence-electron chi connectivity index (χ3n) is 2.64. The van der Waals surface area contributed by atoms with E-state index in [1.165, 1.54) is 0 Å². The Balaban J connectivity index is 2.32. The van der Waals surface area contributed by atoms with E-state index in [0.29, 0.717) is 11.7 Å². The number of aromatic nitrogens is 3. The first kappa shape index (κ1) is 12.8. The van der Waals surface area contributed by atoms with Gasteiger partial charge in [0.05, 0.1) is 11.3 Å². The summed E-state index contributed by atoms with van der Waals surface area (Å²) in [5.41, 5.74) is 1.86. The summed E-state index contributed by atoms with van der Waals surface area (Å²) in [7, 11) is 0. The minimum absolute atomic E-state index is 0.126. The van der Waals surface area contributed by atoms with Crippen LogP contribution in [0.4, 0.5) is 0 Å². The first-order valence-electron chi connectivity index (χ1n) is 6.19. The van der Waals surface area contributed by atoms with Gasteiger partial charge in [0.2, 0.25) is 11.7 Å². The van der Waals surface area contributed by atoms with Crippen molar-refractivity contribution >= 4 is 0 Å². The fourth-order valence-electron chi connectivity index (χ4n) is 1.83. The molecule has 0 spiro atoms. The van der Waals surface area contributed by atoms with E-state index in [4.69, 9.17) is 9.05 Å². The maximum Gasteiger partial charge on any atom is 0.227 e. The molecule has 0 fully saturated rings. The lowest BCUT2D eigenvalue weighted by Crippen LogP contribution is -2.09. The number of hydrogen-bond donors (Lipinski definition) is 0. The Labute approximate surface area is 107 Å². The Bertz CT molecular complexity index is 535. The number of aryl methyl sites for hydroxylation is 2. The normalized spacial score (nSPS) is 12.1. The van der Waals surface area contributed by atoms with Gasteiger partial charge >= 0.3 is 0 Å². The minimum Gasteiger partial charge on any atom is -0.361 e. The zero-order chi connectivity index (χ0) is 13.3. The van der Waals surface area contributed by atoms with E-state index in [-0.39, 0.29) is 5.41 Å². The van der Waals surface area contributed by atoms with Crippen LogP contribution in [0.3, 0.4) is 0 Å². The molecular formula is C13H19N3O2. The van der Waals surface area contributed by atoms with Gasteiger partial charge in [-0.3, -0.25) is 0 Å². The quantitative estimate of drug-likeness (QED) is 0.835. The second kappa shape index (κ2) is 4.55. The molecule has 0 N–H and O–H groups in total. The summed E-state index contributed by atoms with van der Waals surface area (Å²) in [5.74, 6) is 1.96. The Morgan fingerprint density at radius 2 is 1.83 bits per heavy atom. The molecule has 18 heavy (non-hydrogen) atoms. The maximum absolute atomic E-state index is 5.29. The van der Waals surface area contributed by atoms with Gasteiger partial charge in [-0.1, -0.05) is 38.0 Å². The van der Waals surface area contributed by atoms with Gasteiger partial charge in [-0.15, -0.1) is 0 Å². The van der Waals surface area contributed by atoms with Crippen molar-refractivity contribution in [2.24, 2.45) is 5.41 Å². The third-order valence-corrected chi connectivity index (χ3v) is 2.64. The van der Waals surface area contributed by atoms with Crippen molar-refractivity contribution in [1.29, 1.82) is 0 Å². The molecule has 0 aromatic carbocycles. The summed E-state index contributed by atoms with van der Waals surface area (Å²) in [5, 5.41) is 8.02. The highest BCUT2D eigenvalue weighted by molar-refractivity contribution is 5.59. The molecule has 0 aliphatic carbocycles. The van der Waals surface area contributed by atoms with Gasteiger partial charge in [0, 0.05) is 6.42 Å². The summed E-state index contributed by atoms with van der Waals surface area (Å²) in [6, 6.07) is 0. The van der Waals surface area contributed by atoms with Crippen LogP contribution in [0, 0.1) is 12.3 Å². The molecule has 0 aliphatic rings. The topological polar surface area (TPSA) is 65.0 Å². The van der Waals surface area contributed by atoms with Crippen molar-refractivity contribution in [3.63, 3.8) is 0 Å². The van der Waals surface area contributed by atoms with Crippen molar-refractivity contribution in [2.45, 2.75) is 47.5 Å². The minimum atomic E-state index is 0.126. The van der Waals surface area contributed by atoms with Gasteiger partial charge < -0.3 is 9.05 Å². The van der Waals surface area contributed by atoms with Gasteiger partial charge in [-0.2, -0.15) is 4.98 Å². The first-order chi connectivity index (χ1) is 8.40. The largest absolute Gasteiger partial charge is 0.361 e. The molecule has 0 saturated heterocycles. The van der Waals surface area contributed by atoms with E-state index < -0.39 is 0 Å². The van der Waals surface area contributed by atoms with Crippen LogP contribution in [-0.2, 0) is 12.8 Å². The molecule has 2 rings (SSSR count). The van der Waals surface area contributed by atoms with Crippen LogP contribution in [0.15, 0.2) is 9.05 Å². The monoisotopic (exact) mass is 249 g/mol. The first-order valence-corrected chi connectivity index (χ1v) is 6.19. The summed E-state index contributed by atoms with van der Waals surface area (Å²) < 4.78 is 10.5. The second-order valence-electron chi connectivity index (χ2n) is 5.66. The van der Waals surface area contributed by atoms with Gasteiger partial charge in [-0.05, 0) is 18.8 Å². The predicted molar refractivity (Wildman–Crippen MR) is 67.1 cm³/mol. The lowest BCUT2D eigenvalue weighted by molar-refractivity contribution is 0.314. The molecule has 2 aromatic rings. The molecule has 2 aromatic heterocycles. The van der Waals surface area contributed by atoms with Gasteiger partial charge in [-0.25, -0.2) is 0 Å². The van der Waals surface area contributed by atoms with E-state index in [2.05, 4.69) is 36.1 Å². The SMILES string of the molecule is CCc1noc(C)c1-c1noc(CC(C)(C)C)n1.